The summed E-state index contributed by atoms with van der Waals surface area (Å²) in [6, 6.07) is 3.56. The number of carbonyl (C=O) groups is 2. The first-order chi connectivity index (χ1) is 10.7. The molecule has 23 heavy (non-hydrogen) atoms. The van der Waals surface area contributed by atoms with Crippen molar-refractivity contribution < 1.29 is 28.2 Å². The van der Waals surface area contributed by atoms with E-state index in [0.717, 1.165) is 12.1 Å². The van der Waals surface area contributed by atoms with Crippen LogP contribution in [-0.4, -0.2) is 29.6 Å². The van der Waals surface area contributed by atoms with Crippen molar-refractivity contribution in [1.82, 2.24) is 0 Å². The minimum atomic E-state index is -1.44. The van der Waals surface area contributed by atoms with Gasteiger partial charge >= 0.3 is 5.97 Å². The van der Waals surface area contributed by atoms with E-state index in [1.165, 1.54) is 13.2 Å². The van der Waals surface area contributed by atoms with Crippen LogP contribution in [0.1, 0.15) is 38.7 Å². The fourth-order valence-electron chi connectivity index (χ4n) is 2.33. The lowest BCUT2D eigenvalue weighted by Gasteiger charge is -2.32. The van der Waals surface area contributed by atoms with Gasteiger partial charge in [-0.25, -0.2) is 8.78 Å². The lowest BCUT2D eigenvalue weighted by atomic mass is 9.80. The number of Topliss-reactive ketones (excluding diaryl/α,β-unsaturated/α-hetero) is 1. The largest absolute Gasteiger partial charge is 0.469 e. The van der Waals surface area contributed by atoms with Gasteiger partial charge in [-0.1, -0.05) is 19.9 Å². The van der Waals surface area contributed by atoms with Gasteiger partial charge in [-0.3, -0.25) is 9.59 Å². The Morgan fingerprint density at radius 2 is 1.83 bits per heavy atom. The summed E-state index contributed by atoms with van der Waals surface area (Å²) in [5.41, 5.74) is -1.56. The van der Waals surface area contributed by atoms with Gasteiger partial charge in [0.1, 0.15) is 23.8 Å². The lowest BCUT2D eigenvalue weighted by molar-refractivity contribution is -0.144. The van der Waals surface area contributed by atoms with Crippen LogP contribution >= 0.6 is 0 Å². The quantitative estimate of drug-likeness (QED) is 0.589. The number of esters is 1. The molecule has 0 aliphatic rings. The van der Waals surface area contributed by atoms with Crippen molar-refractivity contribution in [3.63, 3.8) is 0 Å². The molecule has 1 aromatic rings. The SMILES string of the molecule is COC(=O)CC(=O)CC(O)(CCc1c(F)cccc1F)C(C)C. The molecule has 4 nitrogen and oxygen atoms in total. The van der Waals surface area contributed by atoms with Gasteiger partial charge in [0.25, 0.3) is 0 Å². The third kappa shape index (κ3) is 5.39. The molecule has 0 aromatic heterocycles. The standard InChI is InChI=1S/C17H22F2O4/c1-11(2)17(22,10-12(20)9-16(21)23-3)8-7-13-14(18)5-4-6-15(13)19/h4-6,11,22H,7-10H2,1-3H3. The summed E-state index contributed by atoms with van der Waals surface area (Å²) in [4.78, 5) is 23.0. The zero-order chi connectivity index (χ0) is 17.6. The van der Waals surface area contributed by atoms with Crippen LogP contribution in [0.3, 0.4) is 0 Å². The van der Waals surface area contributed by atoms with Crippen LogP contribution < -0.4 is 0 Å². The molecular weight excluding hydrogens is 306 g/mol. The van der Waals surface area contributed by atoms with Gasteiger partial charge < -0.3 is 9.84 Å². The van der Waals surface area contributed by atoms with Crippen molar-refractivity contribution in [3.8, 4) is 0 Å². The van der Waals surface area contributed by atoms with E-state index in [1.54, 1.807) is 13.8 Å². The summed E-state index contributed by atoms with van der Waals surface area (Å²) >= 11 is 0. The first-order valence-electron chi connectivity index (χ1n) is 7.43. The molecule has 1 aromatic carbocycles. The summed E-state index contributed by atoms with van der Waals surface area (Å²) in [6.45, 7) is 3.42. The molecule has 0 fully saturated rings. The molecule has 0 bridgehead atoms. The maximum Gasteiger partial charge on any atom is 0.313 e. The Morgan fingerprint density at radius 3 is 2.30 bits per heavy atom. The first kappa shape index (κ1) is 19.2. The third-order valence-electron chi connectivity index (χ3n) is 4.02. The number of hydrogen-bond acceptors (Lipinski definition) is 4. The molecule has 0 radical (unpaired) electrons. The molecule has 0 amide bonds. The molecule has 128 valence electrons. The summed E-state index contributed by atoms with van der Waals surface area (Å²) in [6.07, 6.45) is -0.733. The van der Waals surface area contributed by atoms with Crippen molar-refractivity contribution in [2.24, 2.45) is 5.92 Å². The van der Waals surface area contributed by atoms with Crippen molar-refractivity contribution in [1.29, 1.82) is 0 Å². The average molecular weight is 328 g/mol. The van der Waals surface area contributed by atoms with Gasteiger partial charge in [-0.05, 0) is 30.9 Å². The second-order valence-electron chi connectivity index (χ2n) is 5.93. The smallest absolute Gasteiger partial charge is 0.313 e. The zero-order valence-corrected chi connectivity index (χ0v) is 13.6. The molecule has 1 N–H and O–H groups in total. The van der Waals surface area contributed by atoms with E-state index in [0.29, 0.717) is 0 Å². The van der Waals surface area contributed by atoms with Crippen molar-refractivity contribution >= 4 is 11.8 Å². The van der Waals surface area contributed by atoms with E-state index in [4.69, 9.17) is 0 Å². The van der Waals surface area contributed by atoms with Crippen LogP contribution in [0.4, 0.5) is 8.78 Å². The Kier molecular flexibility index (Phi) is 6.81. The number of halogens is 2. The monoisotopic (exact) mass is 328 g/mol. The fraction of sp³-hybridized carbons (Fsp3) is 0.529. The second kappa shape index (κ2) is 8.15. The zero-order valence-electron chi connectivity index (χ0n) is 13.6. The fourth-order valence-corrected chi connectivity index (χ4v) is 2.33. The number of ether oxygens (including phenoxy) is 1. The van der Waals surface area contributed by atoms with Crippen LogP contribution in [0.25, 0.3) is 0 Å². The molecule has 1 rings (SSSR count). The number of rotatable bonds is 8. The average Bonchev–Trinajstić information content (AvgIpc) is 2.46. The predicted molar refractivity (Wildman–Crippen MR) is 80.7 cm³/mol. The molecule has 1 unspecified atom stereocenters. The van der Waals surface area contributed by atoms with Crippen LogP contribution in [0.5, 0.6) is 0 Å². The van der Waals surface area contributed by atoms with Crippen molar-refractivity contribution in [2.75, 3.05) is 7.11 Å². The van der Waals surface area contributed by atoms with Gasteiger partial charge in [0, 0.05) is 12.0 Å². The van der Waals surface area contributed by atoms with Crippen LogP contribution in [0, 0.1) is 17.6 Å². The Hall–Kier alpha value is -1.82. The van der Waals surface area contributed by atoms with Gasteiger partial charge in [0.05, 0.1) is 12.7 Å². The highest BCUT2D eigenvalue weighted by atomic mass is 19.1. The highest BCUT2D eigenvalue weighted by Gasteiger charge is 2.34. The number of ketones is 1. The highest BCUT2D eigenvalue weighted by Crippen LogP contribution is 2.29. The van der Waals surface area contributed by atoms with E-state index in [1.807, 2.05) is 0 Å². The van der Waals surface area contributed by atoms with E-state index in [-0.39, 0.29) is 30.7 Å². The van der Waals surface area contributed by atoms with Crippen molar-refractivity contribution in [3.05, 3.63) is 35.4 Å². The molecule has 0 aliphatic carbocycles. The molecular formula is C17H22F2O4. The van der Waals surface area contributed by atoms with E-state index in [9.17, 15) is 23.5 Å². The molecule has 0 saturated heterocycles. The predicted octanol–water partition coefficient (Wildman–Crippen LogP) is 2.81. The van der Waals surface area contributed by atoms with Gasteiger partial charge in [-0.15, -0.1) is 0 Å². The second-order valence-corrected chi connectivity index (χ2v) is 5.93. The first-order valence-corrected chi connectivity index (χ1v) is 7.43. The summed E-state index contributed by atoms with van der Waals surface area (Å²) in [5.74, 6) is -2.84. The number of hydrogen-bond donors (Lipinski definition) is 1. The van der Waals surface area contributed by atoms with E-state index < -0.39 is 35.4 Å². The molecule has 0 heterocycles. The van der Waals surface area contributed by atoms with E-state index >= 15 is 0 Å². The molecule has 0 aliphatic heterocycles. The number of benzene rings is 1. The van der Waals surface area contributed by atoms with Gasteiger partial charge in [0.2, 0.25) is 0 Å². The van der Waals surface area contributed by atoms with Crippen molar-refractivity contribution in [2.45, 2.75) is 45.1 Å². The Bertz CT molecular complexity index is 551. The number of carbonyl (C=O) groups excluding carboxylic acids is 2. The van der Waals surface area contributed by atoms with Crippen LogP contribution in [0.2, 0.25) is 0 Å². The lowest BCUT2D eigenvalue weighted by Crippen LogP contribution is -2.38. The minimum absolute atomic E-state index is 0.00936. The van der Waals surface area contributed by atoms with Crippen LogP contribution in [-0.2, 0) is 20.7 Å². The van der Waals surface area contributed by atoms with E-state index in [2.05, 4.69) is 4.74 Å². The molecule has 0 spiro atoms. The number of aliphatic hydroxyl groups is 1. The minimum Gasteiger partial charge on any atom is -0.469 e. The molecule has 6 heteroatoms. The maximum atomic E-state index is 13.7. The molecule has 0 saturated carbocycles. The Balaban J connectivity index is 2.81. The van der Waals surface area contributed by atoms with Crippen LogP contribution in [0.15, 0.2) is 18.2 Å². The normalized spacial score (nSPS) is 13.7. The summed E-state index contributed by atoms with van der Waals surface area (Å²) in [5, 5.41) is 10.7. The Morgan fingerprint density at radius 1 is 1.26 bits per heavy atom. The summed E-state index contributed by atoms with van der Waals surface area (Å²) in [7, 11) is 1.17. The third-order valence-corrected chi connectivity index (χ3v) is 4.02. The maximum absolute atomic E-state index is 13.7. The topological polar surface area (TPSA) is 63.6 Å². The van der Waals surface area contributed by atoms with Gasteiger partial charge in [0.15, 0.2) is 0 Å². The highest BCUT2D eigenvalue weighted by molar-refractivity contribution is 5.95. The van der Waals surface area contributed by atoms with Gasteiger partial charge in [-0.2, -0.15) is 0 Å². The summed E-state index contributed by atoms with van der Waals surface area (Å²) < 4.78 is 31.7. The molecule has 1 atom stereocenters. The Labute approximate surface area is 134 Å². The number of methoxy groups -OCH3 is 1.